The van der Waals surface area contributed by atoms with Crippen molar-refractivity contribution in [3.63, 3.8) is 0 Å². The second-order valence-electron chi connectivity index (χ2n) is 7.27. The van der Waals surface area contributed by atoms with Crippen molar-refractivity contribution < 1.29 is 27.4 Å². The van der Waals surface area contributed by atoms with Gasteiger partial charge in [0, 0.05) is 12.2 Å². The van der Waals surface area contributed by atoms with Gasteiger partial charge in [-0.1, -0.05) is 36.8 Å². The Kier molecular flexibility index (Phi) is 9.15. The summed E-state index contributed by atoms with van der Waals surface area (Å²) in [6, 6.07) is 12.1. The topological polar surface area (TPSA) is 73.6 Å². The Morgan fingerprint density at radius 3 is 2.06 bits per heavy atom. The highest BCUT2D eigenvalue weighted by Gasteiger charge is 2.30. The number of halogens is 3. The lowest BCUT2D eigenvalue weighted by molar-refractivity contribution is -0.274. The van der Waals surface area contributed by atoms with Crippen LogP contribution < -0.4 is 20.5 Å². The van der Waals surface area contributed by atoms with Crippen molar-refractivity contribution in [1.29, 1.82) is 0 Å². The number of nitrogens with two attached hydrogens (primary N) is 1. The lowest BCUT2D eigenvalue weighted by Gasteiger charge is -2.11. The maximum Gasteiger partial charge on any atom is 0.573 e. The van der Waals surface area contributed by atoms with E-state index in [-0.39, 0.29) is 18.2 Å². The summed E-state index contributed by atoms with van der Waals surface area (Å²) < 4.78 is 46.1. The number of alkyl halides is 3. The molecule has 0 heterocycles. The molecule has 0 saturated heterocycles. The van der Waals surface area contributed by atoms with Crippen molar-refractivity contribution in [3.8, 4) is 17.2 Å². The third kappa shape index (κ3) is 9.14. The molecule has 0 radical (unpaired) electrons. The van der Waals surface area contributed by atoms with E-state index in [4.69, 9.17) is 10.5 Å². The minimum absolute atomic E-state index is 0.282. The molecule has 0 fully saturated rings. The van der Waals surface area contributed by atoms with Crippen LogP contribution >= 0.6 is 0 Å². The van der Waals surface area contributed by atoms with Crippen LogP contribution in [-0.4, -0.2) is 12.3 Å². The zero-order valence-electron chi connectivity index (χ0n) is 18.7. The molecule has 33 heavy (non-hydrogen) atoms. The largest absolute Gasteiger partial charge is 0.573 e. The molecule has 2 aromatic carbocycles. The molecule has 2 aromatic rings. The molecule has 0 aliphatic heterocycles. The van der Waals surface area contributed by atoms with Crippen LogP contribution in [0, 0.1) is 0 Å². The van der Waals surface area contributed by atoms with E-state index in [1.807, 2.05) is 13.0 Å². The van der Waals surface area contributed by atoms with Crippen LogP contribution in [0.5, 0.6) is 17.2 Å². The number of nitrogens with one attached hydrogen (secondary N) is 1. The Bertz CT molecular complexity index is 1020. The van der Waals surface area contributed by atoms with E-state index >= 15 is 0 Å². The molecule has 2 rings (SSSR count). The minimum Gasteiger partial charge on any atom is -0.457 e. The van der Waals surface area contributed by atoms with Gasteiger partial charge in [0.25, 0.3) is 5.91 Å². The number of amides is 1. The van der Waals surface area contributed by atoms with Crippen LogP contribution in [0.2, 0.25) is 0 Å². The number of benzene rings is 2. The Labute approximate surface area is 191 Å². The molecule has 1 amide bonds. The predicted molar refractivity (Wildman–Crippen MR) is 122 cm³/mol. The van der Waals surface area contributed by atoms with Gasteiger partial charge in [-0.15, -0.1) is 13.2 Å². The summed E-state index contributed by atoms with van der Waals surface area (Å²) >= 11 is 0. The summed E-state index contributed by atoms with van der Waals surface area (Å²) in [5.74, 6) is 0.246. The fourth-order valence-corrected chi connectivity index (χ4v) is 2.61. The van der Waals surface area contributed by atoms with Gasteiger partial charge >= 0.3 is 6.36 Å². The van der Waals surface area contributed by atoms with Gasteiger partial charge in [0.1, 0.15) is 17.2 Å². The molecule has 0 spiro atoms. The van der Waals surface area contributed by atoms with E-state index in [1.54, 1.807) is 43.3 Å². The molecule has 176 valence electrons. The van der Waals surface area contributed by atoms with Gasteiger partial charge in [-0.25, -0.2) is 0 Å². The summed E-state index contributed by atoms with van der Waals surface area (Å²) in [6.45, 7) is 6.02. The molecule has 0 aliphatic rings. The van der Waals surface area contributed by atoms with Crippen LogP contribution in [0.1, 0.15) is 32.8 Å². The Morgan fingerprint density at radius 2 is 1.55 bits per heavy atom. The van der Waals surface area contributed by atoms with E-state index in [9.17, 15) is 18.0 Å². The van der Waals surface area contributed by atoms with Crippen molar-refractivity contribution in [1.82, 2.24) is 5.32 Å². The maximum atomic E-state index is 12.5. The first-order valence-electron chi connectivity index (χ1n) is 10.3. The number of rotatable bonds is 9. The second-order valence-corrected chi connectivity index (χ2v) is 7.27. The van der Waals surface area contributed by atoms with Crippen molar-refractivity contribution >= 4 is 5.91 Å². The van der Waals surface area contributed by atoms with Gasteiger partial charge in [0.05, 0.1) is 5.57 Å². The average molecular weight is 460 g/mol. The molecule has 0 atom stereocenters. The summed E-state index contributed by atoms with van der Waals surface area (Å²) in [4.78, 5) is 12.5. The number of hydrogen-bond donors (Lipinski definition) is 2. The van der Waals surface area contributed by atoms with Crippen LogP contribution in [0.3, 0.4) is 0 Å². The lowest BCUT2D eigenvalue weighted by Crippen LogP contribution is -2.25. The highest BCUT2D eigenvalue weighted by molar-refractivity contribution is 5.96. The van der Waals surface area contributed by atoms with E-state index in [0.717, 1.165) is 12.0 Å². The number of allylic oxidation sites excluding steroid dienone is 4. The zero-order chi connectivity index (χ0) is 24.4. The molecule has 0 aliphatic carbocycles. The molecule has 0 bridgehead atoms. The first-order valence-corrected chi connectivity index (χ1v) is 10.3. The first kappa shape index (κ1) is 25.6. The second kappa shape index (κ2) is 11.8. The molecule has 0 saturated carbocycles. The smallest absolute Gasteiger partial charge is 0.457 e. The number of carbonyl (C=O) groups is 1. The average Bonchev–Trinajstić information content (AvgIpc) is 2.76. The van der Waals surface area contributed by atoms with Crippen LogP contribution in [0.25, 0.3) is 0 Å². The van der Waals surface area contributed by atoms with Crippen molar-refractivity contribution in [3.05, 3.63) is 89.2 Å². The minimum atomic E-state index is -4.74. The lowest BCUT2D eigenvalue weighted by atomic mass is 10.1. The molecule has 3 N–H and O–H groups in total. The molecular weight excluding hydrogens is 433 g/mol. The van der Waals surface area contributed by atoms with Crippen LogP contribution in [0.4, 0.5) is 13.2 Å². The maximum absolute atomic E-state index is 12.5. The van der Waals surface area contributed by atoms with Gasteiger partial charge in [-0.2, -0.15) is 0 Å². The van der Waals surface area contributed by atoms with Crippen molar-refractivity contribution in [2.24, 2.45) is 5.73 Å². The Balaban J connectivity index is 1.93. The highest BCUT2D eigenvalue weighted by atomic mass is 19.4. The number of ether oxygens (including phenoxy) is 2. The number of hydrogen-bond acceptors (Lipinski definition) is 4. The van der Waals surface area contributed by atoms with Crippen LogP contribution in [0.15, 0.2) is 83.6 Å². The van der Waals surface area contributed by atoms with E-state index in [0.29, 0.717) is 22.8 Å². The van der Waals surface area contributed by atoms with E-state index < -0.39 is 6.36 Å². The van der Waals surface area contributed by atoms with Crippen molar-refractivity contribution in [2.75, 3.05) is 0 Å². The monoisotopic (exact) mass is 460 g/mol. The zero-order valence-corrected chi connectivity index (χ0v) is 18.7. The van der Waals surface area contributed by atoms with E-state index in [2.05, 4.69) is 17.0 Å². The van der Waals surface area contributed by atoms with E-state index in [1.165, 1.54) is 29.8 Å². The SMILES string of the molecule is CCC(C)=C/C=C\C(C(=O)NCc1ccc(Oc2ccc(OC(F)(F)F)cc2)cc1)=C(/C)N. The fourth-order valence-electron chi connectivity index (χ4n) is 2.61. The standard InChI is InChI=1S/C25H27F3N2O3/c1-4-17(2)6-5-7-23(18(3)29)24(31)30-16-19-8-10-20(11-9-19)32-21-12-14-22(15-13-21)33-25(26,27)28/h5-15H,4,16,29H2,1-3H3,(H,30,31)/b7-5-,17-6?,23-18-. The normalized spacial score (nSPS) is 13.0. The van der Waals surface area contributed by atoms with Gasteiger partial charge in [-0.3, -0.25) is 4.79 Å². The van der Waals surface area contributed by atoms with Gasteiger partial charge in [-0.05, 0) is 68.3 Å². The highest BCUT2D eigenvalue weighted by Crippen LogP contribution is 2.27. The Hall–Kier alpha value is -3.68. The molecule has 8 heteroatoms. The van der Waals surface area contributed by atoms with Gasteiger partial charge in [0.2, 0.25) is 0 Å². The number of carbonyl (C=O) groups excluding carboxylic acids is 1. The summed E-state index contributed by atoms with van der Waals surface area (Å²) in [5, 5.41) is 2.83. The molecule has 0 unspecified atom stereocenters. The summed E-state index contributed by atoms with van der Waals surface area (Å²) in [7, 11) is 0. The fraction of sp³-hybridized carbons (Fsp3) is 0.240. The summed E-state index contributed by atoms with van der Waals surface area (Å²) in [6.07, 6.45) is 1.61. The quantitative estimate of drug-likeness (QED) is 0.348. The molecular formula is C25H27F3N2O3. The predicted octanol–water partition coefficient (Wildman–Crippen LogP) is 6.14. The van der Waals surface area contributed by atoms with Gasteiger partial charge < -0.3 is 20.5 Å². The third-order valence-corrected chi connectivity index (χ3v) is 4.54. The molecule has 0 aromatic heterocycles. The summed E-state index contributed by atoms with van der Waals surface area (Å²) in [5.41, 5.74) is 8.70. The Morgan fingerprint density at radius 1 is 1.00 bits per heavy atom. The van der Waals surface area contributed by atoms with Crippen molar-refractivity contribution in [2.45, 2.75) is 40.1 Å². The molecule has 5 nitrogen and oxygen atoms in total. The van der Waals surface area contributed by atoms with Crippen LogP contribution in [-0.2, 0) is 11.3 Å². The first-order chi connectivity index (χ1) is 15.6. The van der Waals surface area contributed by atoms with Gasteiger partial charge in [0.15, 0.2) is 0 Å². The third-order valence-electron chi connectivity index (χ3n) is 4.54.